The number of carbonyl (C=O) groups excluding carboxylic acids is 1. The van der Waals surface area contributed by atoms with Gasteiger partial charge in [0.05, 0.1) is 6.04 Å². The molecule has 1 atom stereocenters. The topological polar surface area (TPSA) is 46.3 Å². The molecule has 94 valence electrons. The number of likely N-dealkylation sites (N-methyl/N-ethyl adjacent to an activating group) is 1. The summed E-state index contributed by atoms with van der Waals surface area (Å²) in [5.74, 6) is -0.336. The van der Waals surface area contributed by atoms with Gasteiger partial charge in [-0.25, -0.2) is 4.39 Å². The number of hydrogen-bond acceptors (Lipinski definition) is 2. The lowest BCUT2D eigenvalue weighted by atomic mass is 10.1. The molecule has 1 rings (SSSR count). The van der Waals surface area contributed by atoms with Crippen molar-refractivity contribution in [3.05, 3.63) is 35.6 Å². The van der Waals surface area contributed by atoms with E-state index in [0.717, 1.165) is 5.56 Å². The second kappa shape index (κ2) is 6.35. The Labute approximate surface area is 101 Å². The van der Waals surface area contributed by atoms with Crippen molar-refractivity contribution in [2.24, 2.45) is 5.73 Å². The van der Waals surface area contributed by atoms with Crippen LogP contribution in [-0.4, -0.2) is 29.9 Å². The molecule has 0 aliphatic rings. The van der Waals surface area contributed by atoms with E-state index in [1.807, 2.05) is 13.8 Å². The SMILES string of the molecule is CCN(CC)C(=O)[C@@H](N)Cc1ccc(F)cc1. The Balaban J connectivity index is 2.62. The van der Waals surface area contributed by atoms with Crippen LogP contribution in [0.3, 0.4) is 0 Å². The van der Waals surface area contributed by atoms with Gasteiger partial charge in [-0.1, -0.05) is 12.1 Å². The maximum atomic E-state index is 12.7. The first-order valence-corrected chi connectivity index (χ1v) is 5.87. The fourth-order valence-electron chi connectivity index (χ4n) is 1.73. The van der Waals surface area contributed by atoms with Crippen LogP contribution in [0.25, 0.3) is 0 Å². The highest BCUT2D eigenvalue weighted by Gasteiger charge is 2.18. The van der Waals surface area contributed by atoms with E-state index in [9.17, 15) is 9.18 Å². The monoisotopic (exact) mass is 238 g/mol. The molecule has 17 heavy (non-hydrogen) atoms. The van der Waals surface area contributed by atoms with Gasteiger partial charge in [0, 0.05) is 13.1 Å². The summed E-state index contributed by atoms with van der Waals surface area (Å²) < 4.78 is 12.7. The number of nitrogens with zero attached hydrogens (tertiary/aromatic N) is 1. The van der Waals surface area contributed by atoms with Gasteiger partial charge in [-0.05, 0) is 38.0 Å². The summed E-state index contributed by atoms with van der Waals surface area (Å²) in [6.45, 7) is 5.16. The zero-order chi connectivity index (χ0) is 12.8. The molecule has 0 aromatic heterocycles. The lowest BCUT2D eigenvalue weighted by molar-refractivity contribution is -0.132. The minimum atomic E-state index is -0.555. The van der Waals surface area contributed by atoms with Crippen molar-refractivity contribution in [1.29, 1.82) is 0 Å². The molecule has 2 N–H and O–H groups in total. The number of nitrogens with two attached hydrogens (primary N) is 1. The molecule has 1 amide bonds. The van der Waals surface area contributed by atoms with Gasteiger partial charge in [0.25, 0.3) is 0 Å². The molecule has 0 bridgehead atoms. The Kier molecular flexibility index (Phi) is 5.10. The van der Waals surface area contributed by atoms with E-state index in [4.69, 9.17) is 5.73 Å². The fraction of sp³-hybridized carbons (Fsp3) is 0.462. The van der Waals surface area contributed by atoms with Gasteiger partial charge in [-0.3, -0.25) is 4.79 Å². The lowest BCUT2D eigenvalue weighted by Crippen LogP contribution is -2.44. The molecule has 1 aromatic carbocycles. The molecule has 0 saturated heterocycles. The van der Waals surface area contributed by atoms with Crippen molar-refractivity contribution in [2.75, 3.05) is 13.1 Å². The Morgan fingerprint density at radius 2 is 1.82 bits per heavy atom. The van der Waals surface area contributed by atoms with Crippen LogP contribution in [0, 0.1) is 5.82 Å². The standard InChI is InChI=1S/C13H19FN2O/c1-3-16(4-2)13(17)12(15)9-10-5-7-11(14)8-6-10/h5-8,12H,3-4,9,15H2,1-2H3/t12-/m0/s1. The van der Waals surface area contributed by atoms with Gasteiger partial charge in [-0.2, -0.15) is 0 Å². The van der Waals surface area contributed by atoms with Gasteiger partial charge in [-0.15, -0.1) is 0 Å². The Hall–Kier alpha value is -1.42. The van der Waals surface area contributed by atoms with E-state index in [-0.39, 0.29) is 11.7 Å². The molecule has 1 aromatic rings. The molecular formula is C13H19FN2O. The van der Waals surface area contributed by atoms with Gasteiger partial charge in [0.2, 0.25) is 5.91 Å². The highest BCUT2D eigenvalue weighted by Crippen LogP contribution is 2.06. The maximum Gasteiger partial charge on any atom is 0.239 e. The van der Waals surface area contributed by atoms with Crippen molar-refractivity contribution in [2.45, 2.75) is 26.3 Å². The van der Waals surface area contributed by atoms with E-state index in [2.05, 4.69) is 0 Å². The number of hydrogen-bond donors (Lipinski definition) is 1. The van der Waals surface area contributed by atoms with Gasteiger partial charge >= 0.3 is 0 Å². The molecule has 0 heterocycles. The predicted molar refractivity (Wildman–Crippen MR) is 66.0 cm³/mol. The van der Waals surface area contributed by atoms with Crippen LogP contribution in [0.15, 0.2) is 24.3 Å². The van der Waals surface area contributed by atoms with Gasteiger partial charge < -0.3 is 10.6 Å². The Morgan fingerprint density at radius 1 is 1.29 bits per heavy atom. The summed E-state index contributed by atoms with van der Waals surface area (Å²) in [6, 6.07) is 5.52. The summed E-state index contributed by atoms with van der Waals surface area (Å²) in [7, 11) is 0. The zero-order valence-corrected chi connectivity index (χ0v) is 10.3. The third-order valence-electron chi connectivity index (χ3n) is 2.76. The lowest BCUT2D eigenvalue weighted by Gasteiger charge is -2.22. The molecule has 0 spiro atoms. The van der Waals surface area contributed by atoms with Crippen molar-refractivity contribution in [3.8, 4) is 0 Å². The summed E-state index contributed by atoms with van der Waals surface area (Å²) in [6.07, 6.45) is 0.440. The third kappa shape index (κ3) is 3.82. The van der Waals surface area contributed by atoms with Crippen LogP contribution in [0.5, 0.6) is 0 Å². The van der Waals surface area contributed by atoms with Crippen LogP contribution in [0.2, 0.25) is 0 Å². The minimum Gasteiger partial charge on any atom is -0.342 e. The van der Waals surface area contributed by atoms with Crippen molar-refractivity contribution < 1.29 is 9.18 Å². The molecule has 0 aliphatic heterocycles. The first-order valence-electron chi connectivity index (χ1n) is 5.87. The first kappa shape index (κ1) is 13.6. The summed E-state index contributed by atoms with van der Waals surface area (Å²) >= 11 is 0. The van der Waals surface area contributed by atoms with Crippen LogP contribution in [0.4, 0.5) is 4.39 Å². The van der Waals surface area contributed by atoms with Crippen molar-refractivity contribution in [1.82, 2.24) is 4.90 Å². The largest absolute Gasteiger partial charge is 0.342 e. The highest BCUT2D eigenvalue weighted by molar-refractivity contribution is 5.81. The molecule has 3 nitrogen and oxygen atoms in total. The Morgan fingerprint density at radius 3 is 2.29 bits per heavy atom. The predicted octanol–water partition coefficient (Wildman–Crippen LogP) is 1.56. The Bertz CT molecular complexity index is 360. The second-order valence-corrected chi connectivity index (χ2v) is 3.95. The average Bonchev–Trinajstić information content (AvgIpc) is 2.33. The normalized spacial score (nSPS) is 12.2. The van der Waals surface area contributed by atoms with E-state index >= 15 is 0 Å². The summed E-state index contributed by atoms with van der Waals surface area (Å²) in [5.41, 5.74) is 6.73. The number of carbonyl (C=O) groups is 1. The van der Waals surface area contributed by atoms with Crippen LogP contribution < -0.4 is 5.73 Å². The number of halogens is 1. The van der Waals surface area contributed by atoms with Crippen molar-refractivity contribution >= 4 is 5.91 Å². The van der Waals surface area contributed by atoms with Crippen LogP contribution >= 0.6 is 0 Å². The molecule has 4 heteroatoms. The molecule has 0 radical (unpaired) electrons. The summed E-state index contributed by atoms with van der Waals surface area (Å²) in [4.78, 5) is 13.6. The average molecular weight is 238 g/mol. The van der Waals surface area contributed by atoms with E-state index in [1.54, 1.807) is 17.0 Å². The molecule has 0 unspecified atom stereocenters. The first-order chi connectivity index (χ1) is 8.08. The number of amides is 1. The van der Waals surface area contributed by atoms with E-state index in [0.29, 0.717) is 19.5 Å². The number of rotatable bonds is 5. The van der Waals surface area contributed by atoms with E-state index < -0.39 is 6.04 Å². The molecule has 0 aliphatic carbocycles. The highest BCUT2D eigenvalue weighted by atomic mass is 19.1. The van der Waals surface area contributed by atoms with Crippen LogP contribution in [-0.2, 0) is 11.2 Å². The number of benzene rings is 1. The maximum absolute atomic E-state index is 12.7. The van der Waals surface area contributed by atoms with Crippen molar-refractivity contribution in [3.63, 3.8) is 0 Å². The van der Waals surface area contributed by atoms with Crippen LogP contribution in [0.1, 0.15) is 19.4 Å². The quantitative estimate of drug-likeness (QED) is 0.846. The smallest absolute Gasteiger partial charge is 0.239 e. The second-order valence-electron chi connectivity index (χ2n) is 3.95. The third-order valence-corrected chi connectivity index (χ3v) is 2.76. The fourth-order valence-corrected chi connectivity index (χ4v) is 1.73. The molecular weight excluding hydrogens is 219 g/mol. The molecule has 0 fully saturated rings. The summed E-state index contributed by atoms with van der Waals surface area (Å²) in [5, 5.41) is 0. The van der Waals surface area contributed by atoms with Gasteiger partial charge in [0.15, 0.2) is 0 Å². The minimum absolute atomic E-state index is 0.0562. The molecule has 0 saturated carbocycles. The zero-order valence-electron chi connectivity index (χ0n) is 10.3. The van der Waals surface area contributed by atoms with Gasteiger partial charge in [0.1, 0.15) is 5.82 Å². The van der Waals surface area contributed by atoms with E-state index in [1.165, 1.54) is 12.1 Å².